The van der Waals surface area contributed by atoms with Gasteiger partial charge in [0.2, 0.25) is 0 Å². The Morgan fingerprint density at radius 1 is 0.947 bits per heavy atom. The van der Waals surface area contributed by atoms with Crippen molar-refractivity contribution in [2.24, 2.45) is 0 Å². The summed E-state index contributed by atoms with van der Waals surface area (Å²) in [6.07, 6.45) is -0.501. The highest BCUT2D eigenvalue weighted by molar-refractivity contribution is 7.10. The van der Waals surface area contributed by atoms with Crippen LogP contribution in [0, 0.1) is 0 Å². The van der Waals surface area contributed by atoms with Gasteiger partial charge in [0.1, 0.15) is 6.10 Å². The molecule has 0 aliphatic heterocycles. The SMILES string of the molecule is CC(C)c1ccc(C(O)c2cccs2)c(C(C)C)c1. The molecule has 0 saturated carbocycles. The van der Waals surface area contributed by atoms with Crippen molar-refractivity contribution in [3.63, 3.8) is 0 Å². The molecule has 1 heterocycles. The smallest absolute Gasteiger partial charge is 0.113 e. The predicted molar refractivity (Wildman–Crippen MR) is 83.0 cm³/mol. The standard InChI is InChI=1S/C17H22OS/c1-11(2)13-7-8-14(15(10-13)12(3)4)17(18)16-6-5-9-19-16/h5-12,17-18H,1-4H3. The predicted octanol–water partition coefficient (Wildman–Crippen LogP) is 5.08. The van der Waals surface area contributed by atoms with Gasteiger partial charge in [-0.15, -0.1) is 11.3 Å². The first-order chi connectivity index (χ1) is 9.00. The molecule has 0 amide bonds. The molecule has 1 aromatic heterocycles. The zero-order valence-electron chi connectivity index (χ0n) is 12.1. The van der Waals surface area contributed by atoms with Gasteiger partial charge in [0, 0.05) is 4.88 Å². The van der Waals surface area contributed by atoms with E-state index in [-0.39, 0.29) is 0 Å². The number of hydrogen-bond donors (Lipinski definition) is 1. The molecule has 1 N–H and O–H groups in total. The number of thiophene rings is 1. The first kappa shape index (κ1) is 14.3. The van der Waals surface area contributed by atoms with Gasteiger partial charge in [0.05, 0.1) is 0 Å². The zero-order valence-corrected chi connectivity index (χ0v) is 12.9. The van der Waals surface area contributed by atoms with Crippen LogP contribution in [0.4, 0.5) is 0 Å². The first-order valence-corrected chi connectivity index (χ1v) is 7.74. The quantitative estimate of drug-likeness (QED) is 0.824. The third-order valence-corrected chi connectivity index (χ3v) is 4.43. The van der Waals surface area contributed by atoms with Gasteiger partial charge in [0.25, 0.3) is 0 Å². The van der Waals surface area contributed by atoms with Crippen molar-refractivity contribution in [2.75, 3.05) is 0 Å². The lowest BCUT2D eigenvalue weighted by molar-refractivity contribution is 0.222. The monoisotopic (exact) mass is 274 g/mol. The Morgan fingerprint density at radius 2 is 1.68 bits per heavy atom. The maximum Gasteiger partial charge on any atom is 0.113 e. The molecule has 0 bridgehead atoms. The van der Waals surface area contributed by atoms with E-state index in [0.29, 0.717) is 11.8 Å². The van der Waals surface area contributed by atoms with E-state index in [9.17, 15) is 5.11 Å². The summed E-state index contributed by atoms with van der Waals surface area (Å²) in [7, 11) is 0. The van der Waals surface area contributed by atoms with Crippen molar-refractivity contribution in [1.82, 2.24) is 0 Å². The molecule has 2 rings (SSSR count). The molecule has 2 heteroatoms. The maximum absolute atomic E-state index is 10.6. The number of aliphatic hydroxyl groups is 1. The molecule has 0 radical (unpaired) electrons. The van der Waals surface area contributed by atoms with E-state index >= 15 is 0 Å². The summed E-state index contributed by atoms with van der Waals surface area (Å²) in [5, 5.41) is 12.6. The number of benzene rings is 1. The molecule has 0 aliphatic carbocycles. The van der Waals surface area contributed by atoms with Crippen LogP contribution in [0.3, 0.4) is 0 Å². The van der Waals surface area contributed by atoms with Gasteiger partial charge in [-0.1, -0.05) is 52.0 Å². The molecule has 19 heavy (non-hydrogen) atoms. The van der Waals surface area contributed by atoms with E-state index in [1.165, 1.54) is 11.1 Å². The van der Waals surface area contributed by atoms with E-state index < -0.39 is 6.10 Å². The van der Waals surface area contributed by atoms with Gasteiger partial charge < -0.3 is 5.11 Å². The Bertz CT molecular complexity index is 526. The summed E-state index contributed by atoms with van der Waals surface area (Å²) in [5.74, 6) is 0.939. The third-order valence-electron chi connectivity index (χ3n) is 3.51. The van der Waals surface area contributed by atoms with Crippen molar-refractivity contribution >= 4 is 11.3 Å². The summed E-state index contributed by atoms with van der Waals surface area (Å²) in [4.78, 5) is 1.01. The zero-order chi connectivity index (χ0) is 14.0. The highest BCUT2D eigenvalue weighted by Crippen LogP contribution is 2.33. The molecule has 0 aliphatic rings. The lowest BCUT2D eigenvalue weighted by atomic mass is 9.89. The Labute approximate surface area is 119 Å². The summed E-state index contributed by atoms with van der Waals surface area (Å²) < 4.78 is 0. The van der Waals surface area contributed by atoms with Gasteiger partial charge >= 0.3 is 0 Å². The molecule has 1 atom stereocenters. The van der Waals surface area contributed by atoms with E-state index in [4.69, 9.17) is 0 Å². The second kappa shape index (κ2) is 5.89. The van der Waals surface area contributed by atoms with Crippen LogP contribution >= 0.6 is 11.3 Å². The molecule has 1 unspecified atom stereocenters. The van der Waals surface area contributed by atoms with Crippen LogP contribution in [0.2, 0.25) is 0 Å². The van der Waals surface area contributed by atoms with Crippen molar-refractivity contribution in [3.8, 4) is 0 Å². The molecule has 1 aromatic carbocycles. The van der Waals surface area contributed by atoms with Gasteiger partial charge in [-0.25, -0.2) is 0 Å². The fourth-order valence-corrected chi connectivity index (χ4v) is 3.03. The summed E-state index contributed by atoms with van der Waals surface area (Å²) in [5.41, 5.74) is 3.64. The minimum atomic E-state index is -0.501. The molecule has 102 valence electrons. The third kappa shape index (κ3) is 3.07. The van der Waals surface area contributed by atoms with Crippen molar-refractivity contribution < 1.29 is 5.11 Å². The highest BCUT2D eigenvalue weighted by Gasteiger charge is 2.18. The van der Waals surface area contributed by atoms with Crippen LogP contribution in [0.15, 0.2) is 35.7 Å². The van der Waals surface area contributed by atoms with Crippen LogP contribution in [0.25, 0.3) is 0 Å². The van der Waals surface area contributed by atoms with E-state index in [2.05, 4.69) is 45.9 Å². The summed E-state index contributed by atoms with van der Waals surface area (Å²) in [6.45, 7) is 8.78. The lowest BCUT2D eigenvalue weighted by Crippen LogP contribution is -2.05. The Balaban J connectivity index is 2.45. The average molecular weight is 274 g/mol. The van der Waals surface area contributed by atoms with Crippen molar-refractivity contribution in [1.29, 1.82) is 0 Å². The van der Waals surface area contributed by atoms with Crippen LogP contribution in [0.1, 0.15) is 67.2 Å². The van der Waals surface area contributed by atoms with Crippen LogP contribution in [-0.2, 0) is 0 Å². The number of rotatable bonds is 4. The van der Waals surface area contributed by atoms with Gasteiger partial charge in [-0.05, 0) is 40.0 Å². The van der Waals surface area contributed by atoms with E-state index in [1.807, 2.05) is 17.5 Å². The molecule has 0 fully saturated rings. The van der Waals surface area contributed by atoms with E-state index in [1.54, 1.807) is 11.3 Å². The molecular weight excluding hydrogens is 252 g/mol. The van der Waals surface area contributed by atoms with Crippen molar-refractivity contribution in [2.45, 2.75) is 45.6 Å². The molecule has 0 spiro atoms. The first-order valence-electron chi connectivity index (χ1n) is 6.86. The largest absolute Gasteiger partial charge is 0.383 e. The topological polar surface area (TPSA) is 20.2 Å². The van der Waals surface area contributed by atoms with Crippen LogP contribution in [0.5, 0.6) is 0 Å². The van der Waals surface area contributed by atoms with Gasteiger partial charge in [0.15, 0.2) is 0 Å². The van der Waals surface area contributed by atoms with E-state index in [0.717, 1.165) is 10.4 Å². The second-order valence-corrected chi connectivity index (χ2v) is 6.59. The number of hydrogen-bond acceptors (Lipinski definition) is 2. The fourth-order valence-electron chi connectivity index (χ4n) is 2.30. The fraction of sp³-hybridized carbons (Fsp3) is 0.412. The maximum atomic E-state index is 10.6. The van der Waals surface area contributed by atoms with Gasteiger partial charge in [-0.2, -0.15) is 0 Å². The molecule has 1 nitrogen and oxygen atoms in total. The minimum absolute atomic E-state index is 0.420. The number of aliphatic hydroxyl groups excluding tert-OH is 1. The Kier molecular flexibility index (Phi) is 4.43. The molecular formula is C17H22OS. The minimum Gasteiger partial charge on any atom is -0.383 e. The lowest BCUT2D eigenvalue weighted by Gasteiger charge is -2.19. The second-order valence-electron chi connectivity index (χ2n) is 5.62. The Hall–Kier alpha value is -1.12. The van der Waals surface area contributed by atoms with Crippen LogP contribution < -0.4 is 0 Å². The van der Waals surface area contributed by atoms with Gasteiger partial charge in [-0.3, -0.25) is 0 Å². The summed E-state index contributed by atoms with van der Waals surface area (Å²) in [6, 6.07) is 10.5. The normalized spacial score (nSPS) is 13.2. The average Bonchev–Trinajstić information content (AvgIpc) is 2.90. The van der Waals surface area contributed by atoms with Crippen LogP contribution in [-0.4, -0.2) is 5.11 Å². The molecule has 2 aromatic rings. The van der Waals surface area contributed by atoms with Crippen molar-refractivity contribution in [3.05, 3.63) is 57.3 Å². The Morgan fingerprint density at radius 3 is 2.21 bits per heavy atom. The summed E-state index contributed by atoms with van der Waals surface area (Å²) >= 11 is 1.61. The molecule has 0 saturated heterocycles. The highest BCUT2D eigenvalue weighted by atomic mass is 32.1.